The van der Waals surface area contributed by atoms with Gasteiger partial charge in [-0.3, -0.25) is 0 Å². The molecule has 0 spiro atoms. The third-order valence-corrected chi connectivity index (χ3v) is 2.13. The lowest BCUT2D eigenvalue weighted by Crippen LogP contribution is -2.05. The topological polar surface area (TPSA) is 134 Å². The molecule has 0 unspecified atom stereocenters. The van der Waals surface area contributed by atoms with Crippen molar-refractivity contribution >= 4 is 11.5 Å². The van der Waals surface area contributed by atoms with Gasteiger partial charge >= 0.3 is 0 Å². The predicted octanol–water partition coefficient (Wildman–Crippen LogP) is -0.776. The number of nitrogens with two attached hydrogens (primary N) is 2. The van der Waals surface area contributed by atoms with Crippen LogP contribution < -0.4 is 11.6 Å². The zero-order valence-electron chi connectivity index (χ0n) is 8.75. The van der Waals surface area contributed by atoms with Gasteiger partial charge in [0, 0.05) is 0 Å². The predicted molar refractivity (Wildman–Crippen MR) is 54.8 cm³/mol. The van der Waals surface area contributed by atoms with Crippen LogP contribution in [0.3, 0.4) is 0 Å². The van der Waals surface area contributed by atoms with E-state index in [2.05, 4.69) is 30.4 Å². The maximum atomic E-state index is 5.55. The van der Waals surface area contributed by atoms with Crippen molar-refractivity contribution in [1.82, 2.24) is 25.3 Å². The molecule has 0 atom stereocenters. The number of hydrogen-bond acceptors (Lipinski definition) is 8. The van der Waals surface area contributed by atoms with Crippen molar-refractivity contribution < 1.29 is 4.63 Å². The third kappa shape index (κ3) is 1.38. The quantitative estimate of drug-likeness (QED) is 0.386. The molecule has 0 saturated heterocycles. The van der Waals surface area contributed by atoms with Crippen molar-refractivity contribution in [2.24, 2.45) is 10.9 Å². The Hall–Kier alpha value is -2.45. The zero-order valence-corrected chi connectivity index (χ0v) is 8.75. The van der Waals surface area contributed by atoms with Gasteiger partial charge in [-0.2, -0.15) is 9.78 Å². The van der Waals surface area contributed by atoms with E-state index in [0.717, 1.165) is 0 Å². The van der Waals surface area contributed by atoms with Gasteiger partial charge in [-0.1, -0.05) is 5.21 Å². The number of anilines is 1. The van der Waals surface area contributed by atoms with Crippen molar-refractivity contribution in [1.29, 1.82) is 0 Å². The summed E-state index contributed by atoms with van der Waals surface area (Å²) < 4.78 is 5.89. The van der Waals surface area contributed by atoms with E-state index in [4.69, 9.17) is 11.6 Å². The highest BCUT2D eigenvalue weighted by atomic mass is 16.6. The fraction of sp³-hybridized carbons (Fsp3) is 0.286. The van der Waals surface area contributed by atoms with Gasteiger partial charge in [0.1, 0.15) is 5.69 Å². The first kappa shape index (κ1) is 10.1. The molecular weight excluding hydrogens is 212 g/mol. The van der Waals surface area contributed by atoms with E-state index in [0.29, 0.717) is 22.9 Å². The van der Waals surface area contributed by atoms with Crippen molar-refractivity contribution in [3.05, 3.63) is 11.4 Å². The second-order valence-corrected chi connectivity index (χ2v) is 3.12. The third-order valence-electron chi connectivity index (χ3n) is 2.13. The molecule has 0 fully saturated rings. The minimum atomic E-state index is 0.141. The van der Waals surface area contributed by atoms with Crippen LogP contribution >= 0.6 is 0 Å². The van der Waals surface area contributed by atoms with Gasteiger partial charge < -0.3 is 11.6 Å². The SMILES string of the molecule is C/C(=N/N)c1nnn(-c2nonc2N)c1C. The molecule has 4 N–H and O–H groups in total. The second-order valence-electron chi connectivity index (χ2n) is 3.12. The van der Waals surface area contributed by atoms with E-state index in [1.54, 1.807) is 13.8 Å². The minimum Gasteiger partial charge on any atom is -0.378 e. The lowest BCUT2D eigenvalue weighted by Gasteiger charge is -1.98. The summed E-state index contributed by atoms with van der Waals surface area (Å²) >= 11 is 0. The van der Waals surface area contributed by atoms with Gasteiger partial charge in [0.05, 0.1) is 11.4 Å². The Morgan fingerprint density at radius 3 is 2.75 bits per heavy atom. The van der Waals surface area contributed by atoms with Gasteiger partial charge in [0.15, 0.2) is 0 Å². The normalized spacial score (nSPS) is 12.0. The van der Waals surface area contributed by atoms with Crippen LogP contribution in [0.4, 0.5) is 5.82 Å². The summed E-state index contributed by atoms with van der Waals surface area (Å²) in [6.45, 7) is 3.52. The van der Waals surface area contributed by atoms with Crippen LogP contribution in [0.1, 0.15) is 18.3 Å². The summed E-state index contributed by atoms with van der Waals surface area (Å²) in [5, 5.41) is 18.4. The van der Waals surface area contributed by atoms with E-state index in [9.17, 15) is 0 Å². The molecule has 2 rings (SSSR count). The standard InChI is InChI=1S/C7H10N8O/c1-3(10-9)5-4(2)15(14-11-5)7-6(8)12-16-13-7/h9H2,1-2H3,(H2,8,12)/b10-3-. The fourth-order valence-electron chi connectivity index (χ4n) is 1.26. The largest absolute Gasteiger partial charge is 0.378 e. The van der Waals surface area contributed by atoms with Crippen molar-refractivity contribution in [2.75, 3.05) is 5.73 Å². The molecule has 16 heavy (non-hydrogen) atoms. The monoisotopic (exact) mass is 222 g/mol. The van der Waals surface area contributed by atoms with Crippen LogP contribution in [-0.2, 0) is 0 Å². The van der Waals surface area contributed by atoms with Crippen LogP contribution in [0.5, 0.6) is 0 Å². The average molecular weight is 222 g/mol. The van der Waals surface area contributed by atoms with Crippen LogP contribution in [0.15, 0.2) is 9.73 Å². The first-order valence-electron chi connectivity index (χ1n) is 4.40. The summed E-state index contributed by atoms with van der Waals surface area (Å²) in [6, 6.07) is 0. The number of nitrogens with zero attached hydrogens (tertiary/aromatic N) is 6. The first-order chi connectivity index (χ1) is 7.65. The molecule has 0 aliphatic heterocycles. The molecule has 0 amide bonds. The maximum absolute atomic E-state index is 5.55. The van der Waals surface area contributed by atoms with Gasteiger partial charge in [0.25, 0.3) is 0 Å². The highest BCUT2D eigenvalue weighted by molar-refractivity contribution is 5.97. The van der Waals surface area contributed by atoms with Crippen molar-refractivity contribution in [2.45, 2.75) is 13.8 Å². The van der Waals surface area contributed by atoms with Crippen LogP contribution in [0.25, 0.3) is 5.82 Å². The van der Waals surface area contributed by atoms with E-state index in [1.807, 2.05) is 0 Å². The van der Waals surface area contributed by atoms with E-state index in [-0.39, 0.29) is 5.82 Å². The van der Waals surface area contributed by atoms with Crippen LogP contribution in [-0.4, -0.2) is 31.0 Å². The molecule has 2 aromatic heterocycles. The Balaban J connectivity index is 2.54. The Labute approximate surface area is 90.1 Å². The Kier molecular flexibility index (Phi) is 2.27. The molecule has 0 aliphatic carbocycles. The number of nitrogen functional groups attached to an aromatic ring is 1. The fourth-order valence-corrected chi connectivity index (χ4v) is 1.26. The molecule has 0 aliphatic rings. The van der Waals surface area contributed by atoms with E-state index >= 15 is 0 Å². The smallest absolute Gasteiger partial charge is 0.243 e. The van der Waals surface area contributed by atoms with Crippen LogP contribution in [0, 0.1) is 6.92 Å². The summed E-state index contributed by atoms with van der Waals surface area (Å²) in [4.78, 5) is 0. The van der Waals surface area contributed by atoms with E-state index < -0.39 is 0 Å². The highest BCUT2D eigenvalue weighted by Crippen LogP contribution is 2.14. The number of rotatable bonds is 2. The van der Waals surface area contributed by atoms with Crippen LogP contribution in [0.2, 0.25) is 0 Å². The number of hydrogen-bond donors (Lipinski definition) is 2. The Morgan fingerprint density at radius 2 is 2.19 bits per heavy atom. The lowest BCUT2D eigenvalue weighted by atomic mass is 10.2. The zero-order chi connectivity index (χ0) is 11.7. The molecule has 0 bridgehead atoms. The highest BCUT2D eigenvalue weighted by Gasteiger charge is 2.17. The van der Waals surface area contributed by atoms with Gasteiger partial charge in [-0.25, -0.2) is 4.63 Å². The number of hydrazone groups is 1. The first-order valence-corrected chi connectivity index (χ1v) is 4.40. The Bertz CT molecular complexity index is 538. The van der Waals surface area contributed by atoms with Crippen molar-refractivity contribution in [3.8, 4) is 5.82 Å². The Morgan fingerprint density at radius 1 is 1.44 bits per heavy atom. The summed E-state index contributed by atoms with van der Waals surface area (Å²) in [7, 11) is 0. The molecule has 0 radical (unpaired) electrons. The second kappa shape index (κ2) is 3.61. The summed E-state index contributed by atoms with van der Waals surface area (Å²) in [5.74, 6) is 5.60. The molecule has 2 aromatic rings. The molecule has 0 aromatic carbocycles. The molecule has 84 valence electrons. The lowest BCUT2D eigenvalue weighted by molar-refractivity contribution is 0.306. The van der Waals surface area contributed by atoms with Crippen molar-refractivity contribution in [3.63, 3.8) is 0 Å². The summed E-state index contributed by atoms with van der Waals surface area (Å²) in [5.41, 5.74) is 7.39. The number of aromatic nitrogens is 5. The maximum Gasteiger partial charge on any atom is 0.243 e. The minimum absolute atomic E-state index is 0.141. The molecule has 0 saturated carbocycles. The summed E-state index contributed by atoms with van der Waals surface area (Å²) in [6.07, 6.45) is 0. The molecule has 2 heterocycles. The van der Waals surface area contributed by atoms with Gasteiger partial charge in [-0.15, -0.1) is 5.10 Å². The average Bonchev–Trinajstić information content (AvgIpc) is 2.84. The molecule has 9 heteroatoms. The van der Waals surface area contributed by atoms with Gasteiger partial charge in [-0.05, 0) is 24.2 Å². The molecular formula is C7H10N8O. The van der Waals surface area contributed by atoms with Gasteiger partial charge in [0.2, 0.25) is 11.6 Å². The van der Waals surface area contributed by atoms with E-state index in [1.165, 1.54) is 4.68 Å². The molecule has 9 nitrogen and oxygen atoms in total.